The van der Waals surface area contributed by atoms with Gasteiger partial charge in [0.1, 0.15) is 6.04 Å². The fourth-order valence-corrected chi connectivity index (χ4v) is 4.48. The minimum Gasteiger partial charge on any atom is -0.375 e. The molecule has 0 heterocycles. The summed E-state index contributed by atoms with van der Waals surface area (Å²) >= 11 is 6.05. The maximum Gasteiger partial charge on any atom is 0.243 e. The number of hydrogen-bond acceptors (Lipinski definition) is 4. The largest absolute Gasteiger partial charge is 0.375 e. The van der Waals surface area contributed by atoms with E-state index in [0.717, 1.165) is 34.8 Å². The Bertz CT molecular complexity index is 935. The number of para-hydroxylation sites is 1. The highest BCUT2D eigenvalue weighted by Gasteiger charge is 2.30. The number of nitrogens with one attached hydrogen (secondary N) is 1. The van der Waals surface area contributed by atoms with Gasteiger partial charge in [0, 0.05) is 30.8 Å². The van der Waals surface area contributed by atoms with Gasteiger partial charge in [0.15, 0.2) is 0 Å². The van der Waals surface area contributed by atoms with Gasteiger partial charge in [-0.05, 0) is 50.1 Å². The van der Waals surface area contributed by atoms with Crippen molar-refractivity contribution in [3.8, 4) is 0 Å². The van der Waals surface area contributed by atoms with Crippen LogP contribution in [0.3, 0.4) is 0 Å². The number of hydrogen-bond donors (Lipinski definition) is 1. The van der Waals surface area contributed by atoms with Gasteiger partial charge in [0.2, 0.25) is 15.9 Å². The molecule has 0 saturated carbocycles. The molecule has 8 heteroatoms. The highest BCUT2D eigenvalue weighted by Crippen LogP contribution is 2.28. The molecule has 0 unspecified atom stereocenters. The zero-order valence-corrected chi connectivity index (χ0v) is 18.8. The van der Waals surface area contributed by atoms with Crippen LogP contribution < -0.4 is 14.5 Å². The lowest BCUT2D eigenvalue weighted by Crippen LogP contribution is -2.48. The van der Waals surface area contributed by atoms with E-state index in [1.807, 2.05) is 37.4 Å². The fourth-order valence-electron chi connectivity index (χ4n) is 3.09. The van der Waals surface area contributed by atoms with E-state index >= 15 is 0 Å². The van der Waals surface area contributed by atoms with Crippen molar-refractivity contribution in [1.82, 2.24) is 5.32 Å². The molecule has 6 nitrogen and oxygen atoms in total. The smallest absolute Gasteiger partial charge is 0.243 e. The van der Waals surface area contributed by atoms with E-state index in [2.05, 4.69) is 10.2 Å². The summed E-state index contributed by atoms with van der Waals surface area (Å²) in [5, 5.41) is 3.25. The fraction of sp³-hybridized carbons (Fsp3) is 0.381. The second-order valence-corrected chi connectivity index (χ2v) is 9.36. The lowest BCUT2D eigenvalue weighted by atomic mass is 10.1. The van der Waals surface area contributed by atoms with Crippen molar-refractivity contribution in [2.24, 2.45) is 0 Å². The average molecular weight is 438 g/mol. The lowest BCUT2D eigenvalue weighted by molar-refractivity contribution is -0.121. The highest BCUT2D eigenvalue weighted by atomic mass is 35.5. The Morgan fingerprint density at radius 2 is 1.83 bits per heavy atom. The molecule has 0 aromatic heterocycles. The topological polar surface area (TPSA) is 69.7 Å². The average Bonchev–Trinajstić information content (AvgIpc) is 2.67. The molecule has 0 saturated heterocycles. The summed E-state index contributed by atoms with van der Waals surface area (Å²) in [4.78, 5) is 14.8. The number of amides is 1. The molecular weight excluding hydrogens is 410 g/mol. The van der Waals surface area contributed by atoms with E-state index in [9.17, 15) is 13.2 Å². The third kappa shape index (κ3) is 6.37. The van der Waals surface area contributed by atoms with Gasteiger partial charge in [0.25, 0.3) is 0 Å². The van der Waals surface area contributed by atoms with Crippen LogP contribution >= 0.6 is 11.6 Å². The molecule has 2 aromatic rings. The SMILES string of the molecule is Cc1ccc(Cl)cc1N([C@@H](C)C(=O)NCCCN(C)c1ccccc1)S(C)(=O)=O. The minimum absolute atomic E-state index is 0.350. The second kappa shape index (κ2) is 9.98. The molecule has 1 amide bonds. The van der Waals surface area contributed by atoms with Crippen LogP contribution in [0.5, 0.6) is 0 Å². The number of carbonyl (C=O) groups is 1. The quantitative estimate of drug-likeness (QED) is 0.610. The molecule has 0 radical (unpaired) electrons. The lowest BCUT2D eigenvalue weighted by Gasteiger charge is -2.29. The molecule has 29 heavy (non-hydrogen) atoms. The molecule has 1 N–H and O–H groups in total. The Morgan fingerprint density at radius 3 is 2.45 bits per heavy atom. The van der Waals surface area contributed by atoms with Crippen molar-refractivity contribution in [2.75, 3.05) is 35.6 Å². The van der Waals surface area contributed by atoms with Crippen molar-refractivity contribution >= 4 is 38.9 Å². The zero-order valence-electron chi connectivity index (χ0n) is 17.2. The second-order valence-electron chi connectivity index (χ2n) is 7.07. The Balaban J connectivity index is 2.00. The number of benzene rings is 2. The summed E-state index contributed by atoms with van der Waals surface area (Å²) in [6.45, 7) is 4.58. The molecule has 2 rings (SSSR count). The predicted molar refractivity (Wildman–Crippen MR) is 120 cm³/mol. The van der Waals surface area contributed by atoms with Gasteiger partial charge in [-0.1, -0.05) is 35.9 Å². The summed E-state index contributed by atoms with van der Waals surface area (Å²) < 4.78 is 26.0. The van der Waals surface area contributed by atoms with Crippen molar-refractivity contribution in [1.29, 1.82) is 0 Å². The third-order valence-corrected chi connectivity index (χ3v) is 6.13. The number of aryl methyl sites for hydroxylation is 1. The summed E-state index contributed by atoms with van der Waals surface area (Å²) in [5.74, 6) is -0.350. The van der Waals surface area contributed by atoms with Crippen molar-refractivity contribution in [2.45, 2.75) is 26.3 Å². The maximum atomic E-state index is 12.7. The van der Waals surface area contributed by atoms with Gasteiger partial charge in [0.05, 0.1) is 11.9 Å². The monoisotopic (exact) mass is 437 g/mol. The molecule has 0 aliphatic rings. The normalized spacial score (nSPS) is 12.3. The number of carbonyl (C=O) groups excluding carboxylic acids is 1. The van der Waals surface area contributed by atoms with Gasteiger partial charge >= 0.3 is 0 Å². The van der Waals surface area contributed by atoms with E-state index < -0.39 is 16.1 Å². The predicted octanol–water partition coefficient (Wildman–Crippen LogP) is 3.45. The van der Waals surface area contributed by atoms with Crippen molar-refractivity contribution in [3.63, 3.8) is 0 Å². The van der Waals surface area contributed by atoms with Crippen LogP contribution in [-0.2, 0) is 14.8 Å². The Kier molecular flexibility index (Phi) is 7.93. The van der Waals surface area contributed by atoms with Crippen molar-refractivity contribution in [3.05, 3.63) is 59.1 Å². The Hall–Kier alpha value is -2.25. The van der Waals surface area contributed by atoms with Crippen LogP contribution in [0.1, 0.15) is 18.9 Å². The molecule has 158 valence electrons. The van der Waals surface area contributed by atoms with Crippen LogP contribution in [0.15, 0.2) is 48.5 Å². The first kappa shape index (κ1) is 23.0. The third-order valence-electron chi connectivity index (χ3n) is 4.66. The maximum absolute atomic E-state index is 12.7. The van der Waals surface area contributed by atoms with E-state index in [-0.39, 0.29) is 5.91 Å². The molecule has 2 aromatic carbocycles. The van der Waals surface area contributed by atoms with E-state index in [4.69, 9.17) is 11.6 Å². The number of nitrogens with zero attached hydrogens (tertiary/aromatic N) is 2. The molecule has 0 aliphatic carbocycles. The van der Waals surface area contributed by atoms with Crippen molar-refractivity contribution < 1.29 is 13.2 Å². The summed E-state index contributed by atoms with van der Waals surface area (Å²) in [7, 11) is -1.68. The summed E-state index contributed by atoms with van der Waals surface area (Å²) in [5.41, 5.74) is 2.24. The standard InChI is InChI=1S/C21H28ClN3O3S/c1-16-11-12-18(22)15-20(16)25(29(4,27)28)17(2)21(26)23-13-8-14-24(3)19-9-6-5-7-10-19/h5-7,9-12,15,17H,8,13-14H2,1-4H3,(H,23,26)/t17-/m0/s1. The van der Waals surface area contributed by atoms with Crippen LogP contribution in [-0.4, -0.2) is 46.8 Å². The van der Waals surface area contributed by atoms with Gasteiger partial charge in [-0.25, -0.2) is 8.42 Å². The van der Waals surface area contributed by atoms with E-state index in [1.165, 1.54) is 0 Å². The van der Waals surface area contributed by atoms with E-state index in [0.29, 0.717) is 17.3 Å². The van der Waals surface area contributed by atoms with Gasteiger partial charge in [-0.3, -0.25) is 9.10 Å². The molecular formula is C21H28ClN3O3S. The number of rotatable bonds is 9. The minimum atomic E-state index is -3.68. The first-order chi connectivity index (χ1) is 13.6. The van der Waals surface area contributed by atoms with Gasteiger partial charge in [-0.2, -0.15) is 0 Å². The first-order valence-corrected chi connectivity index (χ1v) is 11.6. The van der Waals surface area contributed by atoms with Crippen LogP contribution in [0.4, 0.5) is 11.4 Å². The molecule has 0 bridgehead atoms. The Morgan fingerprint density at radius 1 is 1.17 bits per heavy atom. The van der Waals surface area contributed by atoms with Crippen LogP contribution in [0.2, 0.25) is 5.02 Å². The number of sulfonamides is 1. The molecule has 0 aliphatic heterocycles. The Labute approximate surface area is 178 Å². The van der Waals surface area contributed by atoms with Gasteiger partial charge in [-0.15, -0.1) is 0 Å². The van der Waals surface area contributed by atoms with Crippen LogP contribution in [0, 0.1) is 6.92 Å². The summed E-state index contributed by atoms with van der Waals surface area (Å²) in [6, 6.07) is 14.1. The highest BCUT2D eigenvalue weighted by molar-refractivity contribution is 7.92. The van der Waals surface area contributed by atoms with Gasteiger partial charge < -0.3 is 10.2 Å². The number of anilines is 2. The molecule has 1 atom stereocenters. The van der Waals surface area contributed by atoms with Crippen LogP contribution in [0.25, 0.3) is 0 Å². The number of halogens is 1. The summed E-state index contributed by atoms with van der Waals surface area (Å²) in [6.07, 6.45) is 1.82. The van der Waals surface area contributed by atoms with E-state index in [1.54, 1.807) is 32.0 Å². The first-order valence-electron chi connectivity index (χ1n) is 9.40. The zero-order chi connectivity index (χ0) is 21.6. The molecule has 0 spiro atoms. The molecule has 0 fully saturated rings.